The SMILES string of the molecule is C[C@@H](NC(=O)c1cc(C(=O)NC(CO)(CO)Cc2ccccc2)cc(N(C)S(C)(=O)=O)c1)c1ccc(F)cc1.C[C@@H](NC(=O)c1cc(C(=O)O)cc(N(C)S(C)(=O)=O)c1)c1ccc(F)cc1.C[C@@H](NC(=O)c1cc(C(=O)OC([NH3+])(CO)Cc2ccccc2)cc(N(C)S(C)(=O)=O)c1)c1ccc(F)cc1.NC(CO)(Cc1ccccc1)C(=O)O.[Cl-].[NH3+]C(CO)(CO)Cc1ccccc1. The number of aliphatic hydroxyl groups excluding tert-OH is 6. The number of halogens is 4. The molecule has 0 radical (unpaired) electrons. The Morgan fingerprint density at radius 2 is 0.667 bits per heavy atom. The van der Waals surface area contributed by atoms with Crippen LogP contribution < -0.4 is 63.8 Å². The number of quaternary nitrogens is 2. The summed E-state index contributed by atoms with van der Waals surface area (Å²) in [6, 6.07) is 63.5. The quantitative estimate of drug-likeness (QED) is 0.0200. The first-order chi connectivity index (χ1) is 61.4. The van der Waals surface area contributed by atoms with E-state index in [2.05, 4.69) is 32.7 Å². The second-order valence-electron chi connectivity index (χ2n) is 31.4. The van der Waals surface area contributed by atoms with E-state index in [1.807, 2.05) is 48.5 Å². The number of esters is 1. The zero-order chi connectivity index (χ0) is 97.6. The summed E-state index contributed by atoms with van der Waals surface area (Å²) in [6.07, 6.45) is 3.91. The Labute approximate surface area is 770 Å². The molecule has 0 fully saturated rings. The average Bonchev–Trinajstić information content (AvgIpc) is 0.792. The molecule has 2 unspecified atom stereocenters. The van der Waals surface area contributed by atoms with Gasteiger partial charge in [0.15, 0.2) is 0 Å². The van der Waals surface area contributed by atoms with Crippen LogP contribution in [0.2, 0.25) is 0 Å². The molecule has 0 saturated heterocycles. The first kappa shape index (κ1) is 110. The molecular formula is C93H111ClF3N10O22S3+. The van der Waals surface area contributed by atoms with Gasteiger partial charge in [-0.3, -0.25) is 36.9 Å². The summed E-state index contributed by atoms with van der Waals surface area (Å²) in [4.78, 5) is 87.5. The molecule has 10 aromatic rings. The molecule has 32 nitrogen and oxygen atoms in total. The number of amides is 4. The molecule has 710 valence electrons. The van der Waals surface area contributed by atoms with Crippen molar-refractivity contribution in [2.75, 3.05) is 92.5 Å². The molecule has 0 heterocycles. The number of nitrogens with one attached hydrogen (secondary N) is 4. The highest BCUT2D eigenvalue weighted by atomic mass is 35.5. The molecule has 0 aliphatic carbocycles. The Balaban J connectivity index is 0.000000308. The van der Waals surface area contributed by atoms with Crippen LogP contribution in [0.4, 0.5) is 30.2 Å². The molecule has 4 amide bonds. The first-order valence-corrected chi connectivity index (χ1v) is 45.8. The Morgan fingerprint density at radius 3 is 0.955 bits per heavy atom. The second kappa shape index (κ2) is 49.6. The lowest BCUT2D eigenvalue weighted by Crippen LogP contribution is -3.00. The van der Waals surface area contributed by atoms with Crippen LogP contribution in [0.5, 0.6) is 0 Å². The summed E-state index contributed by atoms with van der Waals surface area (Å²) in [5.41, 5.74) is 13.2. The van der Waals surface area contributed by atoms with Crippen LogP contribution in [-0.2, 0) is 65.3 Å². The fourth-order valence-corrected chi connectivity index (χ4v) is 13.8. The number of aliphatic carboxylic acids is 1. The van der Waals surface area contributed by atoms with E-state index in [0.29, 0.717) is 23.1 Å². The number of benzene rings is 10. The molecule has 0 spiro atoms. The number of hydrogen-bond donors (Lipinski definition) is 15. The molecule has 0 saturated carbocycles. The van der Waals surface area contributed by atoms with Crippen LogP contribution in [0.1, 0.15) is 140 Å². The first-order valence-electron chi connectivity index (χ1n) is 40.2. The van der Waals surface area contributed by atoms with Gasteiger partial charge >= 0.3 is 17.9 Å². The number of carbonyl (C=O) groups excluding carboxylic acids is 5. The summed E-state index contributed by atoms with van der Waals surface area (Å²) >= 11 is 0. The van der Waals surface area contributed by atoms with Crippen molar-refractivity contribution in [2.45, 2.75) is 86.9 Å². The monoisotopic (exact) mass is 1910 g/mol. The lowest BCUT2D eigenvalue weighted by Gasteiger charge is -2.31. The highest BCUT2D eigenvalue weighted by Crippen LogP contribution is 2.29. The number of anilines is 3. The number of ether oxygens (including phenoxy) is 1. The van der Waals surface area contributed by atoms with Gasteiger partial charge in [0.05, 0.1) is 96.9 Å². The van der Waals surface area contributed by atoms with Crippen LogP contribution in [0.15, 0.2) is 249 Å². The number of nitrogens with zero attached hydrogens (tertiary/aromatic N) is 3. The van der Waals surface area contributed by atoms with Crippen molar-refractivity contribution in [3.63, 3.8) is 0 Å². The van der Waals surface area contributed by atoms with Crippen molar-refractivity contribution < 1.29 is 141 Å². The standard InChI is InChI=1S/C28H32FN3O6S.C27H30FN3O6S.C18H19FN2O5S.C10H13NO3.C10H15NO2.ClH/c1-19(21-9-11-24(29)12-10-21)30-26(35)22-13-23(15-25(14-22)32(2)39(3,37)38)27(36)31-28(17-33,18-34)16-20-7-5-4-6-8-20;1-18(20-9-11-23(28)12-10-20)30-25(33)21-13-22(15-24(14-21)31(2)38(3,35)36)26(34)37-27(29,17-32)16-19-7-5-4-6-8-19;1-11(12-4-6-15(19)7-5-12)20-17(22)13-8-14(18(23)24)10-16(9-13)21(2)27(3,25)26;11-10(7-12,9(13)14)6-8-4-2-1-3-5-8;11-10(7-12,8-13)6-9-4-2-1-3-5-9;/h4-15,19,33-34H,16-18H2,1-3H3,(H,30,35)(H,31,36);4-15,18,32H,16-17,29H2,1-3H3,(H,30,33);4-11H,1-3H3,(H,20,22)(H,23,24);1-5,12H,6-7,11H2,(H,13,14);1-5,12-13H,6-8,11H2;1H/p+1/t19-;18-,27?;11-;;;/m111.../s1. The van der Waals surface area contributed by atoms with Crippen molar-refractivity contribution in [3.8, 4) is 0 Å². The Bertz CT molecular complexity index is 5880. The number of aromatic carboxylic acids is 1. The van der Waals surface area contributed by atoms with E-state index in [1.54, 1.807) is 93.6 Å². The van der Waals surface area contributed by atoms with E-state index in [0.717, 1.165) is 60.0 Å². The topological polar surface area (TPSA) is 532 Å². The van der Waals surface area contributed by atoms with Gasteiger partial charge in [-0.1, -0.05) is 158 Å². The van der Waals surface area contributed by atoms with Gasteiger partial charge < -0.3 is 96.5 Å². The highest BCUT2D eigenvalue weighted by molar-refractivity contribution is 7.92. The number of carboxylic acids is 2. The average molecular weight is 1910 g/mol. The number of hydrogen-bond acceptors (Lipinski definition) is 21. The number of aliphatic hydroxyl groups is 6. The van der Waals surface area contributed by atoms with E-state index >= 15 is 0 Å². The van der Waals surface area contributed by atoms with E-state index in [1.165, 1.54) is 142 Å². The van der Waals surface area contributed by atoms with E-state index < -0.39 is 156 Å². The third-order valence-electron chi connectivity index (χ3n) is 20.5. The van der Waals surface area contributed by atoms with Crippen molar-refractivity contribution in [3.05, 3.63) is 338 Å². The largest absolute Gasteiger partial charge is 1.00 e. The van der Waals surface area contributed by atoms with E-state index in [-0.39, 0.29) is 95.3 Å². The Morgan fingerprint density at radius 1 is 0.386 bits per heavy atom. The van der Waals surface area contributed by atoms with Gasteiger partial charge in [0.2, 0.25) is 30.1 Å². The van der Waals surface area contributed by atoms with Gasteiger partial charge in [-0.15, -0.1) is 0 Å². The molecule has 132 heavy (non-hydrogen) atoms. The lowest BCUT2D eigenvalue weighted by molar-refractivity contribution is -0.547. The second-order valence-corrected chi connectivity index (χ2v) is 37.5. The molecule has 10 rings (SSSR count). The van der Waals surface area contributed by atoms with Crippen LogP contribution in [0, 0.1) is 17.5 Å². The van der Waals surface area contributed by atoms with Crippen LogP contribution in [0.25, 0.3) is 0 Å². The smallest absolute Gasteiger partial charge is 0.343 e. The molecule has 20 N–H and O–H groups in total. The predicted octanol–water partition coefficient (Wildman–Crippen LogP) is 3.06. The molecule has 5 atom stereocenters. The lowest BCUT2D eigenvalue weighted by atomic mass is 9.91. The van der Waals surface area contributed by atoms with Gasteiger partial charge in [0.1, 0.15) is 48.4 Å². The third kappa shape index (κ3) is 33.7. The van der Waals surface area contributed by atoms with Crippen molar-refractivity contribution in [1.82, 2.24) is 21.3 Å². The fourth-order valence-electron chi connectivity index (χ4n) is 12.3. The molecule has 10 aromatic carbocycles. The number of rotatable bonds is 35. The minimum Gasteiger partial charge on any atom is -1.00 e. The molecule has 0 aliphatic heterocycles. The van der Waals surface area contributed by atoms with E-state index in [4.69, 9.17) is 30.9 Å². The van der Waals surface area contributed by atoms with Gasteiger partial charge in [0, 0.05) is 62.7 Å². The van der Waals surface area contributed by atoms with Crippen molar-refractivity contribution >= 4 is 88.7 Å². The van der Waals surface area contributed by atoms with Crippen molar-refractivity contribution in [2.24, 2.45) is 5.73 Å². The molecular weight excluding hydrogens is 1800 g/mol. The minimum atomic E-state index is -3.74. The summed E-state index contributed by atoms with van der Waals surface area (Å²) < 4.78 is 120. The Hall–Kier alpha value is -12.5. The summed E-state index contributed by atoms with van der Waals surface area (Å²) in [5, 5.41) is 86.0. The number of sulfonamides is 3. The molecule has 39 heteroatoms. The summed E-state index contributed by atoms with van der Waals surface area (Å²) in [6.45, 7) is 2.61. The summed E-state index contributed by atoms with van der Waals surface area (Å²) in [5.74, 6) is -7.10. The van der Waals surface area contributed by atoms with Gasteiger partial charge in [-0.05, 0) is 151 Å². The fraction of sp³-hybridized carbons (Fsp3) is 0.280. The van der Waals surface area contributed by atoms with Gasteiger partial charge in [-0.2, -0.15) is 0 Å². The maximum atomic E-state index is 13.4. The van der Waals surface area contributed by atoms with E-state index in [9.17, 15) is 92.4 Å². The summed E-state index contributed by atoms with van der Waals surface area (Å²) in [7, 11) is -7.27. The van der Waals surface area contributed by atoms with Gasteiger partial charge in [0.25, 0.3) is 29.4 Å². The van der Waals surface area contributed by atoms with Crippen molar-refractivity contribution in [1.29, 1.82) is 0 Å². The zero-order valence-electron chi connectivity index (χ0n) is 73.8. The highest BCUT2D eigenvalue weighted by Gasteiger charge is 2.37. The number of carbonyl (C=O) groups is 7. The number of nitrogens with two attached hydrogens (primary N) is 1. The molecule has 0 bridgehead atoms. The normalized spacial score (nSPS) is 12.9. The molecule has 0 aromatic heterocycles. The number of carboxylic acid groups (broad SMARTS) is 2. The third-order valence-corrected chi connectivity index (χ3v) is 24.1. The molecule has 0 aliphatic rings. The van der Waals surface area contributed by atoms with Crippen LogP contribution in [-0.4, -0.2) is 210 Å². The van der Waals surface area contributed by atoms with Crippen LogP contribution in [0.3, 0.4) is 0 Å². The zero-order valence-corrected chi connectivity index (χ0v) is 77.0. The predicted molar refractivity (Wildman–Crippen MR) is 487 cm³/mol. The Kier molecular flexibility index (Phi) is 41.4. The maximum Gasteiger partial charge on any atom is 0.343 e. The van der Waals surface area contributed by atoms with Crippen LogP contribution >= 0.6 is 0 Å². The maximum absolute atomic E-state index is 13.4. The van der Waals surface area contributed by atoms with Gasteiger partial charge in [-0.25, -0.2) is 48.0 Å². The minimum absolute atomic E-state index is 0.